The van der Waals surface area contributed by atoms with E-state index in [0.29, 0.717) is 28.6 Å². The fourth-order valence-electron chi connectivity index (χ4n) is 2.05. The Morgan fingerprint density at radius 1 is 0.955 bits per heavy atom. The lowest BCUT2D eigenvalue weighted by Crippen LogP contribution is -1.95. The Morgan fingerprint density at radius 3 is 2.18 bits per heavy atom. The molecule has 0 N–H and O–H groups in total. The fraction of sp³-hybridized carbons (Fsp3) is 0.167. The fourth-order valence-corrected chi connectivity index (χ4v) is 2.05. The summed E-state index contributed by atoms with van der Waals surface area (Å²) in [6.07, 6.45) is 3.35. The number of carbonyl (C=O) groups is 1. The van der Waals surface area contributed by atoms with Crippen LogP contribution in [0.25, 0.3) is 0 Å². The van der Waals surface area contributed by atoms with Gasteiger partial charge in [-0.3, -0.25) is 4.79 Å². The summed E-state index contributed by atoms with van der Waals surface area (Å²) in [5, 5.41) is 0. The quantitative estimate of drug-likeness (QED) is 0.571. The summed E-state index contributed by atoms with van der Waals surface area (Å²) in [4.78, 5) is 10.8. The first-order valence-corrected chi connectivity index (χ1v) is 6.80. The molecule has 0 radical (unpaired) electrons. The van der Waals surface area contributed by atoms with Crippen LogP contribution in [0.5, 0.6) is 23.0 Å². The van der Waals surface area contributed by atoms with Gasteiger partial charge in [0.1, 0.15) is 6.29 Å². The molecule has 0 aromatic heterocycles. The van der Waals surface area contributed by atoms with Crippen LogP contribution in [0.2, 0.25) is 0 Å². The van der Waals surface area contributed by atoms with Gasteiger partial charge in [0, 0.05) is 5.56 Å². The molecule has 2 aromatic carbocycles. The number of aldehydes is 1. The molecular weight excluding hydrogens is 280 g/mol. The largest absolute Gasteiger partial charge is 0.493 e. The Bertz CT molecular complexity index is 677. The summed E-state index contributed by atoms with van der Waals surface area (Å²) in [6, 6.07) is 10.7. The smallest absolute Gasteiger partial charge is 0.169 e. The Kier molecular flexibility index (Phi) is 5.20. The van der Waals surface area contributed by atoms with Crippen LogP contribution in [-0.4, -0.2) is 20.5 Å². The molecule has 0 aliphatic carbocycles. The van der Waals surface area contributed by atoms with Crippen molar-refractivity contribution in [2.24, 2.45) is 0 Å². The Labute approximate surface area is 129 Å². The van der Waals surface area contributed by atoms with Gasteiger partial charge < -0.3 is 14.2 Å². The molecule has 0 aliphatic rings. The topological polar surface area (TPSA) is 44.8 Å². The molecule has 2 rings (SSSR count). The van der Waals surface area contributed by atoms with E-state index in [0.717, 1.165) is 18.3 Å². The molecule has 22 heavy (non-hydrogen) atoms. The lowest BCUT2D eigenvalue weighted by molar-refractivity contribution is 0.112. The number of rotatable bonds is 7. The number of allylic oxidation sites excluding steroid dienone is 1. The van der Waals surface area contributed by atoms with Crippen molar-refractivity contribution in [2.45, 2.75) is 6.42 Å². The van der Waals surface area contributed by atoms with E-state index < -0.39 is 0 Å². The molecule has 0 spiro atoms. The molecule has 0 saturated heterocycles. The van der Waals surface area contributed by atoms with Gasteiger partial charge in [0.15, 0.2) is 23.0 Å². The third-order valence-electron chi connectivity index (χ3n) is 3.15. The first-order chi connectivity index (χ1) is 10.7. The standard InChI is InChI=1S/C18H18O4/c1-4-5-13-6-8-15(17(10-13)20-2)22-16-9-7-14(12-19)11-18(16)21-3/h4,6-12H,1,5H2,2-3H3. The van der Waals surface area contributed by atoms with Crippen LogP contribution in [0, 0.1) is 0 Å². The average Bonchev–Trinajstić information content (AvgIpc) is 2.56. The summed E-state index contributed by atoms with van der Waals surface area (Å²) < 4.78 is 16.5. The minimum atomic E-state index is 0.488. The summed E-state index contributed by atoms with van der Waals surface area (Å²) in [5.41, 5.74) is 1.61. The highest BCUT2D eigenvalue weighted by Gasteiger charge is 2.11. The Hall–Kier alpha value is -2.75. The van der Waals surface area contributed by atoms with E-state index in [4.69, 9.17) is 14.2 Å². The zero-order chi connectivity index (χ0) is 15.9. The maximum absolute atomic E-state index is 10.8. The van der Waals surface area contributed by atoms with Crippen molar-refractivity contribution in [3.05, 3.63) is 60.2 Å². The molecular formula is C18H18O4. The van der Waals surface area contributed by atoms with Crippen LogP contribution >= 0.6 is 0 Å². The predicted octanol–water partition coefficient (Wildman–Crippen LogP) is 4.04. The summed E-state index contributed by atoms with van der Waals surface area (Å²) in [5.74, 6) is 2.21. The molecule has 0 unspecified atom stereocenters. The van der Waals surface area contributed by atoms with Crippen LogP contribution in [-0.2, 0) is 6.42 Å². The predicted molar refractivity (Wildman–Crippen MR) is 85.4 cm³/mol. The summed E-state index contributed by atoms with van der Waals surface area (Å²) >= 11 is 0. The van der Waals surface area contributed by atoms with E-state index in [1.165, 1.54) is 7.11 Å². The van der Waals surface area contributed by atoms with Crippen molar-refractivity contribution in [2.75, 3.05) is 14.2 Å². The first-order valence-electron chi connectivity index (χ1n) is 6.80. The highest BCUT2D eigenvalue weighted by atomic mass is 16.5. The highest BCUT2D eigenvalue weighted by Crippen LogP contribution is 2.37. The van der Waals surface area contributed by atoms with E-state index in [9.17, 15) is 4.79 Å². The molecule has 4 nitrogen and oxygen atoms in total. The van der Waals surface area contributed by atoms with E-state index in [1.807, 2.05) is 24.3 Å². The van der Waals surface area contributed by atoms with Gasteiger partial charge in [-0.1, -0.05) is 12.1 Å². The molecule has 0 amide bonds. The first kappa shape index (κ1) is 15.6. The van der Waals surface area contributed by atoms with Gasteiger partial charge in [0.25, 0.3) is 0 Å². The zero-order valence-electron chi connectivity index (χ0n) is 12.7. The molecule has 4 heteroatoms. The monoisotopic (exact) mass is 298 g/mol. The second kappa shape index (κ2) is 7.31. The number of ether oxygens (including phenoxy) is 3. The number of hydrogen-bond acceptors (Lipinski definition) is 4. The van der Waals surface area contributed by atoms with Crippen LogP contribution < -0.4 is 14.2 Å². The molecule has 0 heterocycles. The van der Waals surface area contributed by atoms with Crippen LogP contribution in [0.15, 0.2) is 49.1 Å². The number of methoxy groups -OCH3 is 2. The van der Waals surface area contributed by atoms with Crippen molar-refractivity contribution in [3.63, 3.8) is 0 Å². The molecule has 2 aromatic rings. The SMILES string of the molecule is C=CCc1ccc(Oc2ccc(C=O)cc2OC)c(OC)c1. The number of benzene rings is 2. The molecule has 0 fully saturated rings. The highest BCUT2D eigenvalue weighted by molar-refractivity contribution is 5.76. The van der Waals surface area contributed by atoms with E-state index in [-0.39, 0.29) is 0 Å². The normalized spacial score (nSPS) is 9.91. The number of carbonyl (C=O) groups excluding carboxylic acids is 1. The van der Waals surface area contributed by atoms with Gasteiger partial charge in [-0.15, -0.1) is 6.58 Å². The number of hydrogen-bond donors (Lipinski definition) is 0. The maximum Gasteiger partial charge on any atom is 0.169 e. The van der Waals surface area contributed by atoms with Crippen molar-refractivity contribution >= 4 is 6.29 Å². The average molecular weight is 298 g/mol. The van der Waals surface area contributed by atoms with Gasteiger partial charge in [-0.25, -0.2) is 0 Å². The second-order valence-electron chi connectivity index (χ2n) is 4.61. The second-order valence-corrected chi connectivity index (χ2v) is 4.61. The van der Waals surface area contributed by atoms with Gasteiger partial charge in [0.2, 0.25) is 0 Å². The van der Waals surface area contributed by atoms with Crippen LogP contribution in [0.3, 0.4) is 0 Å². The van der Waals surface area contributed by atoms with Crippen LogP contribution in [0.4, 0.5) is 0 Å². The van der Waals surface area contributed by atoms with Gasteiger partial charge in [-0.05, 0) is 42.3 Å². The molecule has 0 atom stereocenters. The van der Waals surface area contributed by atoms with E-state index in [1.54, 1.807) is 25.3 Å². The molecule has 0 bridgehead atoms. The lowest BCUT2D eigenvalue weighted by Gasteiger charge is -2.14. The Morgan fingerprint density at radius 2 is 1.59 bits per heavy atom. The maximum atomic E-state index is 10.8. The minimum Gasteiger partial charge on any atom is -0.493 e. The van der Waals surface area contributed by atoms with Crippen molar-refractivity contribution < 1.29 is 19.0 Å². The minimum absolute atomic E-state index is 0.488. The van der Waals surface area contributed by atoms with Crippen molar-refractivity contribution in [3.8, 4) is 23.0 Å². The summed E-state index contributed by atoms with van der Waals surface area (Å²) in [7, 11) is 3.12. The van der Waals surface area contributed by atoms with Crippen LogP contribution in [0.1, 0.15) is 15.9 Å². The van der Waals surface area contributed by atoms with Crippen molar-refractivity contribution in [1.82, 2.24) is 0 Å². The van der Waals surface area contributed by atoms with Gasteiger partial charge >= 0.3 is 0 Å². The van der Waals surface area contributed by atoms with E-state index in [2.05, 4.69) is 6.58 Å². The molecule has 0 aliphatic heterocycles. The zero-order valence-corrected chi connectivity index (χ0v) is 12.7. The Balaban J connectivity index is 2.34. The molecule has 114 valence electrons. The van der Waals surface area contributed by atoms with Crippen molar-refractivity contribution in [1.29, 1.82) is 0 Å². The molecule has 0 saturated carbocycles. The van der Waals surface area contributed by atoms with Gasteiger partial charge in [-0.2, -0.15) is 0 Å². The summed E-state index contributed by atoms with van der Waals surface area (Å²) in [6.45, 7) is 3.72. The third-order valence-corrected chi connectivity index (χ3v) is 3.15. The third kappa shape index (κ3) is 3.47. The van der Waals surface area contributed by atoms with Gasteiger partial charge in [0.05, 0.1) is 14.2 Å². The lowest BCUT2D eigenvalue weighted by atomic mass is 10.1. The van der Waals surface area contributed by atoms with E-state index >= 15 is 0 Å².